The quantitative estimate of drug-likeness (QED) is 0.845. The molecule has 0 aromatic carbocycles. The number of H-pyrrole nitrogens is 1. The monoisotopic (exact) mass is 307 g/mol. The van der Waals surface area contributed by atoms with Gasteiger partial charge >= 0.3 is 6.03 Å². The lowest BCUT2D eigenvalue weighted by Gasteiger charge is -2.39. The maximum Gasteiger partial charge on any atom is 0.317 e. The minimum atomic E-state index is 0.0126. The van der Waals surface area contributed by atoms with Crippen molar-refractivity contribution in [1.29, 1.82) is 0 Å². The van der Waals surface area contributed by atoms with E-state index in [1.54, 1.807) is 13.3 Å². The number of likely N-dealkylation sites (N-methyl/N-ethyl adjacent to an activating group) is 1. The SMILES string of the molecule is COC[C@H](NC(=O)N1CCN(C)[C@H](c2ncc[nH]2)C1)C1CC1. The number of rotatable bonds is 5. The highest BCUT2D eigenvalue weighted by Crippen LogP contribution is 2.33. The van der Waals surface area contributed by atoms with Crippen molar-refractivity contribution in [3.05, 3.63) is 18.2 Å². The standard InChI is InChI=1S/C15H25N5O2/c1-19-7-8-20(9-13(19)14-16-5-6-17-14)15(21)18-12(10-22-2)11-3-4-11/h5-6,11-13H,3-4,7-10H2,1-2H3,(H,16,17)(H,18,21)/t12-,13-/m0/s1. The van der Waals surface area contributed by atoms with Gasteiger partial charge in [0.05, 0.1) is 18.7 Å². The molecular weight excluding hydrogens is 282 g/mol. The number of carbonyl (C=O) groups excluding carboxylic acids is 1. The van der Waals surface area contributed by atoms with Crippen LogP contribution >= 0.6 is 0 Å². The van der Waals surface area contributed by atoms with Gasteiger partial charge in [-0.1, -0.05) is 0 Å². The third kappa shape index (κ3) is 3.41. The first-order valence-electron chi connectivity index (χ1n) is 7.93. The lowest BCUT2D eigenvalue weighted by molar-refractivity contribution is 0.0987. The Morgan fingerprint density at radius 2 is 2.36 bits per heavy atom. The number of methoxy groups -OCH3 is 1. The zero-order valence-electron chi connectivity index (χ0n) is 13.3. The van der Waals surface area contributed by atoms with E-state index < -0.39 is 0 Å². The second-order valence-electron chi connectivity index (χ2n) is 6.27. The Kier molecular flexibility index (Phi) is 4.63. The summed E-state index contributed by atoms with van der Waals surface area (Å²) in [5, 5.41) is 3.14. The molecule has 22 heavy (non-hydrogen) atoms. The number of nitrogens with one attached hydrogen (secondary N) is 2. The van der Waals surface area contributed by atoms with Crippen LogP contribution in [0.1, 0.15) is 24.7 Å². The lowest BCUT2D eigenvalue weighted by atomic mass is 10.1. The van der Waals surface area contributed by atoms with Gasteiger partial charge in [0.2, 0.25) is 0 Å². The Bertz CT molecular complexity index is 488. The molecule has 3 rings (SSSR count). The number of carbonyl (C=O) groups is 1. The minimum Gasteiger partial charge on any atom is -0.383 e. The molecule has 7 heteroatoms. The lowest BCUT2D eigenvalue weighted by Crippen LogP contribution is -2.54. The van der Waals surface area contributed by atoms with Gasteiger partial charge in [-0.05, 0) is 25.8 Å². The molecule has 2 atom stereocenters. The summed E-state index contributed by atoms with van der Waals surface area (Å²) < 4.78 is 5.23. The van der Waals surface area contributed by atoms with Crippen molar-refractivity contribution in [2.45, 2.75) is 24.9 Å². The molecule has 1 aliphatic carbocycles. The first-order chi connectivity index (χ1) is 10.7. The number of hydrogen-bond acceptors (Lipinski definition) is 4. The second-order valence-corrected chi connectivity index (χ2v) is 6.27. The average Bonchev–Trinajstić information content (AvgIpc) is 3.22. The van der Waals surface area contributed by atoms with Crippen molar-refractivity contribution in [3.63, 3.8) is 0 Å². The van der Waals surface area contributed by atoms with Crippen LogP contribution in [0.2, 0.25) is 0 Å². The van der Waals surface area contributed by atoms with Crippen molar-refractivity contribution in [3.8, 4) is 0 Å². The first kappa shape index (κ1) is 15.3. The van der Waals surface area contributed by atoms with Crippen LogP contribution in [0.15, 0.2) is 12.4 Å². The fourth-order valence-corrected chi connectivity index (χ4v) is 3.04. The average molecular weight is 307 g/mol. The summed E-state index contributed by atoms with van der Waals surface area (Å²) in [6.07, 6.45) is 5.95. The van der Waals surface area contributed by atoms with Gasteiger partial charge in [-0.2, -0.15) is 0 Å². The first-order valence-corrected chi connectivity index (χ1v) is 7.93. The number of nitrogens with zero attached hydrogens (tertiary/aromatic N) is 3. The van der Waals surface area contributed by atoms with Gasteiger partial charge in [-0.15, -0.1) is 0 Å². The second kappa shape index (κ2) is 6.66. The van der Waals surface area contributed by atoms with E-state index in [4.69, 9.17) is 4.74 Å². The summed E-state index contributed by atoms with van der Waals surface area (Å²) in [5.74, 6) is 1.49. The molecule has 7 nitrogen and oxygen atoms in total. The van der Waals surface area contributed by atoms with E-state index in [1.807, 2.05) is 11.1 Å². The van der Waals surface area contributed by atoms with Gasteiger partial charge in [0.25, 0.3) is 0 Å². The number of urea groups is 1. The number of imidazole rings is 1. The minimum absolute atomic E-state index is 0.0126. The Morgan fingerprint density at radius 1 is 1.55 bits per heavy atom. The third-order valence-electron chi connectivity index (χ3n) is 4.62. The van der Waals surface area contributed by atoms with E-state index in [9.17, 15) is 4.79 Å². The van der Waals surface area contributed by atoms with Crippen LogP contribution in [-0.2, 0) is 4.74 Å². The molecule has 2 heterocycles. The van der Waals surface area contributed by atoms with Crippen molar-refractivity contribution in [2.24, 2.45) is 5.92 Å². The summed E-state index contributed by atoms with van der Waals surface area (Å²) in [4.78, 5) is 24.2. The molecule has 0 radical (unpaired) electrons. The van der Waals surface area contributed by atoms with Crippen molar-refractivity contribution in [2.75, 3.05) is 40.4 Å². The maximum atomic E-state index is 12.5. The smallest absolute Gasteiger partial charge is 0.317 e. The fraction of sp³-hybridized carbons (Fsp3) is 0.733. The third-order valence-corrected chi connectivity index (χ3v) is 4.62. The van der Waals surface area contributed by atoms with Gasteiger partial charge in [0.15, 0.2) is 0 Å². The Morgan fingerprint density at radius 3 is 3.00 bits per heavy atom. The zero-order valence-corrected chi connectivity index (χ0v) is 13.3. The van der Waals surface area contributed by atoms with E-state index in [1.165, 1.54) is 12.8 Å². The van der Waals surface area contributed by atoms with E-state index in [-0.39, 0.29) is 18.1 Å². The number of aromatic amines is 1. The maximum absolute atomic E-state index is 12.5. The number of ether oxygens (including phenoxy) is 1. The summed E-state index contributed by atoms with van der Waals surface area (Å²) >= 11 is 0. The molecule has 1 saturated carbocycles. The molecule has 2 fully saturated rings. The number of piperazine rings is 1. The molecule has 0 spiro atoms. The molecule has 1 aromatic rings. The van der Waals surface area contributed by atoms with Gasteiger partial charge < -0.3 is 19.9 Å². The van der Waals surface area contributed by atoms with Crippen molar-refractivity contribution < 1.29 is 9.53 Å². The zero-order chi connectivity index (χ0) is 15.5. The Labute approximate surface area is 131 Å². The summed E-state index contributed by atoms with van der Waals surface area (Å²) in [6, 6.07) is 0.272. The normalized spacial score (nSPS) is 24.3. The Hall–Kier alpha value is -1.60. The van der Waals surface area contributed by atoms with Crippen LogP contribution in [0.5, 0.6) is 0 Å². The topological polar surface area (TPSA) is 73.5 Å². The van der Waals surface area contributed by atoms with Gasteiger partial charge in [0.1, 0.15) is 5.82 Å². The van der Waals surface area contributed by atoms with E-state index in [0.717, 1.165) is 18.9 Å². The molecule has 1 saturated heterocycles. The van der Waals surface area contributed by atoms with Crippen molar-refractivity contribution >= 4 is 6.03 Å². The highest BCUT2D eigenvalue weighted by Gasteiger charge is 2.35. The van der Waals surface area contributed by atoms with Crippen LogP contribution < -0.4 is 5.32 Å². The summed E-state index contributed by atoms with van der Waals surface area (Å²) in [7, 11) is 3.75. The highest BCUT2D eigenvalue weighted by atomic mass is 16.5. The van der Waals surface area contributed by atoms with Crippen LogP contribution in [0, 0.1) is 5.92 Å². The molecule has 2 N–H and O–H groups in total. The van der Waals surface area contributed by atoms with E-state index in [2.05, 4.69) is 27.2 Å². The highest BCUT2D eigenvalue weighted by molar-refractivity contribution is 5.74. The number of amides is 2. The number of aromatic nitrogens is 2. The van der Waals surface area contributed by atoms with Crippen LogP contribution in [-0.4, -0.2) is 72.2 Å². The van der Waals surface area contributed by atoms with Crippen LogP contribution in [0.4, 0.5) is 4.79 Å². The van der Waals surface area contributed by atoms with Gasteiger partial charge in [-0.25, -0.2) is 9.78 Å². The molecule has 0 bridgehead atoms. The molecule has 1 aromatic heterocycles. The molecule has 0 unspecified atom stereocenters. The summed E-state index contributed by atoms with van der Waals surface area (Å²) in [5.41, 5.74) is 0. The number of hydrogen-bond donors (Lipinski definition) is 2. The largest absolute Gasteiger partial charge is 0.383 e. The Balaban J connectivity index is 1.60. The van der Waals surface area contributed by atoms with E-state index in [0.29, 0.717) is 19.1 Å². The molecule has 1 aliphatic heterocycles. The summed E-state index contributed by atoms with van der Waals surface area (Å²) in [6.45, 7) is 2.83. The van der Waals surface area contributed by atoms with Crippen LogP contribution in [0.3, 0.4) is 0 Å². The van der Waals surface area contributed by atoms with Crippen LogP contribution in [0.25, 0.3) is 0 Å². The molecule has 2 aliphatic rings. The predicted octanol–water partition coefficient (Wildman–Crippen LogP) is 0.833. The fourth-order valence-electron chi connectivity index (χ4n) is 3.04. The molecular formula is C15H25N5O2. The van der Waals surface area contributed by atoms with Crippen molar-refractivity contribution in [1.82, 2.24) is 25.1 Å². The van der Waals surface area contributed by atoms with Gasteiger partial charge in [0, 0.05) is 39.1 Å². The van der Waals surface area contributed by atoms with Gasteiger partial charge in [-0.3, -0.25) is 4.90 Å². The van der Waals surface area contributed by atoms with E-state index >= 15 is 0 Å². The molecule has 122 valence electrons. The molecule has 2 amide bonds. The predicted molar refractivity (Wildman–Crippen MR) is 82.5 cm³/mol.